The Morgan fingerprint density at radius 3 is 3.00 bits per heavy atom. The average molecular weight is 284 g/mol. The van der Waals surface area contributed by atoms with Gasteiger partial charge in [0.25, 0.3) is 0 Å². The maximum Gasteiger partial charge on any atom is 0.165 e. The summed E-state index contributed by atoms with van der Waals surface area (Å²) in [5.74, 6) is 0.516. The van der Waals surface area contributed by atoms with Crippen molar-refractivity contribution in [2.75, 3.05) is 12.9 Å². The number of rotatable bonds is 5. The molecule has 0 radical (unpaired) electrons. The molecule has 1 aromatic carbocycles. The molecule has 0 aliphatic rings. The number of hydrogen-bond donors (Lipinski definition) is 1. The molecule has 1 unspecified atom stereocenters. The Hall–Kier alpha value is -1.11. The largest absolute Gasteiger partial charge is 0.494 e. The fraction of sp³-hybridized carbons (Fsp3) is 0.250. The van der Waals surface area contributed by atoms with Crippen LogP contribution in [0.5, 0.6) is 5.75 Å². The summed E-state index contributed by atoms with van der Waals surface area (Å²) in [7, 11) is 1.44. The highest BCUT2D eigenvalue weighted by Gasteiger charge is 2.11. The zero-order chi connectivity index (χ0) is 13.0. The molecule has 18 heavy (non-hydrogen) atoms. The van der Waals surface area contributed by atoms with Crippen molar-refractivity contribution >= 4 is 23.1 Å². The van der Waals surface area contributed by atoms with Gasteiger partial charge in [-0.3, -0.25) is 0 Å². The van der Waals surface area contributed by atoms with Gasteiger partial charge in [-0.2, -0.15) is 0 Å². The second kappa shape index (κ2) is 6.17. The molecule has 0 amide bonds. The molecular weight excluding hydrogens is 271 g/mol. The fourth-order valence-corrected chi connectivity index (χ4v) is 3.10. The Labute approximate surface area is 113 Å². The van der Waals surface area contributed by atoms with E-state index in [1.165, 1.54) is 13.2 Å². The number of aromatic nitrogens is 1. The molecule has 0 saturated carbocycles. The second-order valence-corrected chi connectivity index (χ2v) is 5.77. The van der Waals surface area contributed by atoms with E-state index in [2.05, 4.69) is 4.98 Å². The van der Waals surface area contributed by atoms with Crippen molar-refractivity contribution in [2.24, 2.45) is 5.73 Å². The molecule has 3 nitrogen and oxygen atoms in total. The van der Waals surface area contributed by atoms with E-state index in [9.17, 15) is 4.39 Å². The zero-order valence-electron chi connectivity index (χ0n) is 9.80. The van der Waals surface area contributed by atoms with Crippen LogP contribution in [0.15, 0.2) is 34.1 Å². The van der Waals surface area contributed by atoms with E-state index in [0.29, 0.717) is 5.75 Å². The van der Waals surface area contributed by atoms with Gasteiger partial charge in [-0.25, -0.2) is 9.37 Å². The first-order valence-corrected chi connectivity index (χ1v) is 7.18. The van der Waals surface area contributed by atoms with Crippen molar-refractivity contribution in [1.82, 2.24) is 4.98 Å². The summed E-state index contributed by atoms with van der Waals surface area (Å²) in [6, 6.07) is 4.58. The van der Waals surface area contributed by atoms with Crippen LogP contribution < -0.4 is 10.5 Å². The lowest BCUT2D eigenvalue weighted by Crippen LogP contribution is -2.13. The summed E-state index contributed by atoms with van der Waals surface area (Å²) < 4.78 is 19.4. The van der Waals surface area contributed by atoms with Crippen LogP contribution in [0.1, 0.15) is 11.6 Å². The summed E-state index contributed by atoms with van der Waals surface area (Å²) >= 11 is 3.15. The lowest BCUT2D eigenvalue weighted by atomic mass is 10.1. The van der Waals surface area contributed by atoms with E-state index in [1.54, 1.807) is 41.4 Å². The van der Waals surface area contributed by atoms with Gasteiger partial charge in [-0.15, -0.1) is 11.3 Å². The Kier molecular flexibility index (Phi) is 4.57. The molecule has 0 aliphatic heterocycles. The highest BCUT2D eigenvalue weighted by Crippen LogP contribution is 2.27. The molecular formula is C12H13FN2OS2. The molecule has 1 heterocycles. The number of hydrogen-bond acceptors (Lipinski definition) is 5. The van der Waals surface area contributed by atoms with Crippen LogP contribution >= 0.6 is 23.1 Å². The van der Waals surface area contributed by atoms with Crippen molar-refractivity contribution < 1.29 is 9.13 Å². The minimum Gasteiger partial charge on any atom is -0.494 e. The van der Waals surface area contributed by atoms with Gasteiger partial charge < -0.3 is 10.5 Å². The van der Waals surface area contributed by atoms with E-state index in [0.717, 1.165) is 9.90 Å². The van der Waals surface area contributed by atoms with Crippen molar-refractivity contribution in [3.8, 4) is 5.75 Å². The molecule has 1 atom stereocenters. The maximum absolute atomic E-state index is 13.5. The maximum atomic E-state index is 13.5. The molecule has 96 valence electrons. The van der Waals surface area contributed by atoms with Crippen molar-refractivity contribution in [3.63, 3.8) is 0 Å². The number of thioether (sulfide) groups is 1. The van der Waals surface area contributed by atoms with E-state index >= 15 is 0 Å². The quantitative estimate of drug-likeness (QED) is 0.857. The molecule has 2 rings (SSSR count). The van der Waals surface area contributed by atoms with Gasteiger partial charge in [0.1, 0.15) is 4.34 Å². The van der Waals surface area contributed by atoms with E-state index < -0.39 is 0 Å². The van der Waals surface area contributed by atoms with Crippen LogP contribution in [0.4, 0.5) is 4.39 Å². The normalized spacial score (nSPS) is 12.4. The SMILES string of the molecule is COc1ccc(C(N)CSc2nccs2)cc1F. The fourth-order valence-electron chi connectivity index (χ4n) is 1.45. The lowest BCUT2D eigenvalue weighted by Gasteiger charge is -2.12. The van der Waals surface area contributed by atoms with E-state index in [-0.39, 0.29) is 17.6 Å². The third-order valence-electron chi connectivity index (χ3n) is 2.40. The van der Waals surface area contributed by atoms with Crippen LogP contribution in [0.25, 0.3) is 0 Å². The smallest absolute Gasteiger partial charge is 0.165 e. The van der Waals surface area contributed by atoms with Gasteiger partial charge in [0.05, 0.1) is 7.11 Å². The Balaban J connectivity index is 2.00. The summed E-state index contributed by atoms with van der Waals surface area (Å²) in [6.07, 6.45) is 1.76. The first kappa shape index (κ1) is 13.3. The second-order valence-electron chi connectivity index (χ2n) is 3.61. The van der Waals surface area contributed by atoms with Crippen molar-refractivity contribution in [2.45, 2.75) is 10.4 Å². The number of benzene rings is 1. The first-order valence-electron chi connectivity index (χ1n) is 5.32. The van der Waals surface area contributed by atoms with Gasteiger partial charge in [-0.1, -0.05) is 17.8 Å². The van der Waals surface area contributed by atoms with Crippen molar-refractivity contribution in [3.05, 3.63) is 41.2 Å². The van der Waals surface area contributed by atoms with Crippen LogP contribution in [0.3, 0.4) is 0 Å². The topological polar surface area (TPSA) is 48.1 Å². The summed E-state index contributed by atoms with van der Waals surface area (Å²) in [6.45, 7) is 0. The van der Waals surface area contributed by atoms with Gasteiger partial charge in [-0.05, 0) is 17.7 Å². The number of nitrogens with two attached hydrogens (primary N) is 1. The number of thiazole rings is 1. The molecule has 6 heteroatoms. The summed E-state index contributed by atoms with van der Waals surface area (Å²) in [5.41, 5.74) is 6.78. The Morgan fingerprint density at radius 2 is 2.39 bits per heavy atom. The third-order valence-corrected chi connectivity index (χ3v) is 4.49. The third kappa shape index (κ3) is 3.22. The molecule has 0 fully saturated rings. The van der Waals surface area contributed by atoms with Gasteiger partial charge in [0.15, 0.2) is 11.6 Å². The predicted octanol–water partition coefficient (Wildman–Crippen LogP) is 3.08. The number of halogens is 1. The van der Waals surface area contributed by atoms with Crippen LogP contribution in [0.2, 0.25) is 0 Å². The minimum absolute atomic E-state index is 0.223. The summed E-state index contributed by atoms with van der Waals surface area (Å²) in [5, 5.41) is 1.92. The lowest BCUT2D eigenvalue weighted by molar-refractivity contribution is 0.386. The molecule has 0 spiro atoms. The Morgan fingerprint density at radius 1 is 1.56 bits per heavy atom. The number of nitrogens with zero attached hydrogens (tertiary/aromatic N) is 1. The number of ether oxygens (including phenoxy) is 1. The highest BCUT2D eigenvalue weighted by atomic mass is 32.2. The molecule has 1 aromatic heterocycles. The number of methoxy groups -OCH3 is 1. The molecule has 0 saturated heterocycles. The van der Waals surface area contributed by atoms with E-state index in [1.807, 2.05) is 5.38 Å². The van der Waals surface area contributed by atoms with Crippen molar-refractivity contribution in [1.29, 1.82) is 0 Å². The van der Waals surface area contributed by atoms with Gasteiger partial charge >= 0.3 is 0 Å². The minimum atomic E-state index is -0.385. The standard InChI is InChI=1S/C12H13FN2OS2/c1-16-11-3-2-8(6-9(11)13)10(14)7-18-12-15-4-5-17-12/h2-6,10H,7,14H2,1H3. The monoisotopic (exact) mass is 284 g/mol. The highest BCUT2D eigenvalue weighted by molar-refractivity contribution is 8.01. The zero-order valence-corrected chi connectivity index (χ0v) is 11.4. The molecule has 0 bridgehead atoms. The van der Waals surface area contributed by atoms with Crippen LogP contribution in [-0.2, 0) is 0 Å². The summed E-state index contributed by atoms with van der Waals surface area (Å²) in [4.78, 5) is 4.16. The molecule has 2 aromatic rings. The average Bonchev–Trinajstić information content (AvgIpc) is 2.89. The van der Waals surface area contributed by atoms with Crippen LogP contribution in [0, 0.1) is 5.82 Å². The van der Waals surface area contributed by atoms with E-state index in [4.69, 9.17) is 10.5 Å². The Bertz CT molecular complexity index is 505. The van der Waals surface area contributed by atoms with Gasteiger partial charge in [0, 0.05) is 23.4 Å². The molecule has 0 aliphatic carbocycles. The molecule has 2 N–H and O–H groups in total. The predicted molar refractivity (Wildman–Crippen MR) is 72.7 cm³/mol. The van der Waals surface area contributed by atoms with Gasteiger partial charge in [0.2, 0.25) is 0 Å². The van der Waals surface area contributed by atoms with Crippen LogP contribution in [-0.4, -0.2) is 17.8 Å². The first-order chi connectivity index (χ1) is 8.70.